The van der Waals surface area contributed by atoms with Crippen LogP contribution < -0.4 is 10.6 Å². The largest absolute Gasteiger partial charge is 0.369 e. The molecule has 1 aliphatic carbocycles. The van der Waals surface area contributed by atoms with Gasteiger partial charge in [0.05, 0.1) is 12.4 Å². The lowest BCUT2D eigenvalue weighted by molar-refractivity contribution is 0.472. The maximum Gasteiger partial charge on any atom is 0.147 e. The number of hydrogen-bond acceptors (Lipinski definition) is 5. The number of rotatable bonds is 6. The molecule has 1 aromatic rings. The Morgan fingerprint density at radius 1 is 1.21 bits per heavy atom. The van der Waals surface area contributed by atoms with E-state index in [0.717, 1.165) is 29.9 Å². The molecule has 0 aromatic carbocycles. The van der Waals surface area contributed by atoms with Crippen LogP contribution >= 0.6 is 11.8 Å². The van der Waals surface area contributed by atoms with Crippen molar-refractivity contribution in [1.82, 2.24) is 9.97 Å². The summed E-state index contributed by atoms with van der Waals surface area (Å²) in [5.41, 5.74) is 0. The van der Waals surface area contributed by atoms with Gasteiger partial charge in [-0.3, -0.25) is 4.98 Å². The summed E-state index contributed by atoms with van der Waals surface area (Å²) in [5.74, 6) is 1.76. The third kappa shape index (κ3) is 4.56. The summed E-state index contributed by atoms with van der Waals surface area (Å²) in [6.45, 7) is 3.09. The fraction of sp³-hybridized carbons (Fsp3) is 0.714. The number of nitrogens with one attached hydrogen (secondary N) is 2. The molecule has 0 radical (unpaired) electrons. The van der Waals surface area contributed by atoms with Gasteiger partial charge in [0.2, 0.25) is 0 Å². The lowest BCUT2D eigenvalue weighted by atomic mass is 9.95. The van der Waals surface area contributed by atoms with Crippen molar-refractivity contribution in [1.29, 1.82) is 0 Å². The molecule has 0 saturated heterocycles. The number of hydrogen-bond donors (Lipinski definition) is 2. The topological polar surface area (TPSA) is 49.8 Å². The molecule has 2 rings (SSSR count). The highest BCUT2D eigenvalue weighted by Gasteiger charge is 2.20. The molecule has 5 heteroatoms. The van der Waals surface area contributed by atoms with Crippen LogP contribution in [0.5, 0.6) is 0 Å². The summed E-state index contributed by atoms with van der Waals surface area (Å²) in [4.78, 5) is 8.80. The van der Waals surface area contributed by atoms with Crippen LogP contribution in [0, 0.1) is 0 Å². The average Bonchev–Trinajstić information content (AvgIpc) is 2.46. The maximum absolute atomic E-state index is 4.55. The van der Waals surface area contributed by atoms with Crippen molar-refractivity contribution in [2.75, 3.05) is 23.4 Å². The Kier molecular flexibility index (Phi) is 5.76. The van der Waals surface area contributed by atoms with E-state index in [1.54, 1.807) is 6.20 Å². The first-order chi connectivity index (χ1) is 9.31. The van der Waals surface area contributed by atoms with Crippen LogP contribution in [0.2, 0.25) is 0 Å². The van der Waals surface area contributed by atoms with Gasteiger partial charge in [-0.1, -0.05) is 6.92 Å². The second kappa shape index (κ2) is 7.58. The molecular weight excluding hydrogens is 256 g/mol. The predicted molar refractivity (Wildman–Crippen MR) is 84.0 cm³/mol. The van der Waals surface area contributed by atoms with Gasteiger partial charge in [-0.2, -0.15) is 11.8 Å². The quantitative estimate of drug-likeness (QED) is 0.836. The van der Waals surface area contributed by atoms with E-state index in [9.17, 15) is 0 Å². The zero-order valence-electron chi connectivity index (χ0n) is 11.9. The third-order valence-corrected chi connectivity index (χ3v) is 4.69. The molecule has 19 heavy (non-hydrogen) atoms. The number of nitrogens with zero attached hydrogens (tertiary/aromatic N) is 2. The molecule has 2 N–H and O–H groups in total. The van der Waals surface area contributed by atoms with Crippen molar-refractivity contribution in [2.45, 2.75) is 50.3 Å². The smallest absolute Gasteiger partial charge is 0.147 e. The summed E-state index contributed by atoms with van der Waals surface area (Å²) < 4.78 is 0. The first kappa shape index (κ1) is 14.4. The monoisotopic (exact) mass is 280 g/mol. The molecule has 0 unspecified atom stereocenters. The standard InChI is InChI=1S/C14H24N4S/c1-3-8-16-13-9-15-10-14(18-13)17-11-4-6-12(19-2)7-5-11/h9-12H,3-8H2,1-2H3,(H2,16,17,18). The van der Waals surface area contributed by atoms with Crippen LogP contribution in [-0.4, -0.2) is 34.1 Å². The van der Waals surface area contributed by atoms with E-state index in [1.165, 1.54) is 25.7 Å². The normalized spacial score (nSPS) is 23.1. The van der Waals surface area contributed by atoms with Crippen molar-refractivity contribution < 1.29 is 0 Å². The van der Waals surface area contributed by atoms with Crippen molar-refractivity contribution in [2.24, 2.45) is 0 Å². The molecule has 1 heterocycles. The SMILES string of the molecule is CCCNc1cncc(NC2CCC(SC)CC2)n1. The summed E-state index contributed by atoms with van der Waals surface area (Å²) in [7, 11) is 0. The summed E-state index contributed by atoms with van der Waals surface area (Å²) in [6, 6.07) is 0.555. The number of thioether (sulfide) groups is 1. The molecule has 1 fully saturated rings. The van der Waals surface area contributed by atoms with E-state index in [0.29, 0.717) is 6.04 Å². The lowest BCUT2D eigenvalue weighted by Crippen LogP contribution is -2.27. The molecule has 4 nitrogen and oxygen atoms in total. The summed E-state index contributed by atoms with van der Waals surface area (Å²) in [5, 5.41) is 7.64. The van der Waals surface area contributed by atoms with Gasteiger partial charge in [0.15, 0.2) is 0 Å². The van der Waals surface area contributed by atoms with E-state index >= 15 is 0 Å². The Morgan fingerprint density at radius 2 is 1.95 bits per heavy atom. The minimum atomic E-state index is 0.555. The van der Waals surface area contributed by atoms with Crippen LogP contribution in [0.4, 0.5) is 11.6 Å². The summed E-state index contributed by atoms with van der Waals surface area (Å²) >= 11 is 2.00. The predicted octanol–water partition coefficient (Wildman–Crippen LogP) is 3.38. The van der Waals surface area contributed by atoms with E-state index in [2.05, 4.69) is 33.8 Å². The van der Waals surface area contributed by atoms with Gasteiger partial charge in [0, 0.05) is 17.8 Å². The van der Waals surface area contributed by atoms with Gasteiger partial charge in [0.1, 0.15) is 11.6 Å². The van der Waals surface area contributed by atoms with Crippen LogP contribution in [0.15, 0.2) is 12.4 Å². The Bertz CT molecular complexity index is 377. The molecule has 0 aliphatic heterocycles. The number of anilines is 2. The maximum atomic E-state index is 4.55. The molecular formula is C14H24N4S. The highest BCUT2D eigenvalue weighted by atomic mass is 32.2. The highest BCUT2D eigenvalue weighted by molar-refractivity contribution is 7.99. The third-order valence-electron chi connectivity index (χ3n) is 3.55. The van der Waals surface area contributed by atoms with Gasteiger partial charge < -0.3 is 10.6 Å². The zero-order chi connectivity index (χ0) is 13.5. The molecule has 0 atom stereocenters. The second-order valence-corrected chi connectivity index (χ2v) is 6.21. The van der Waals surface area contributed by atoms with Gasteiger partial charge in [-0.25, -0.2) is 4.98 Å². The van der Waals surface area contributed by atoms with E-state index < -0.39 is 0 Å². The minimum absolute atomic E-state index is 0.555. The fourth-order valence-corrected chi connectivity index (χ4v) is 3.17. The first-order valence-corrected chi connectivity index (χ1v) is 8.46. The van der Waals surface area contributed by atoms with Crippen LogP contribution in [0.1, 0.15) is 39.0 Å². The highest BCUT2D eigenvalue weighted by Crippen LogP contribution is 2.28. The Hall–Kier alpha value is -0.970. The molecule has 1 aliphatic rings. The Labute approximate surface area is 120 Å². The van der Waals surface area contributed by atoms with E-state index in [4.69, 9.17) is 0 Å². The Balaban J connectivity index is 1.85. The minimum Gasteiger partial charge on any atom is -0.369 e. The molecule has 0 amide bonds. The van der Waals surface area contributed by atoms with E-state index in [1.807, 2.05) is 18.0 Å². The van der Waals surface area contributed by atoms with Crippen molar-refractivity contribution in [3.05, 3.63) is 12.4 Å². The van der Waals surface area contributed by atoms with Gasteiger partial charge in [-0.15, -0.1) is 0 Å². The van der Waals surface area contributed by atoms with Gasteiger partial charge >= 0.3 is 0 Å². The summed E-state index contributed by atoms with van der Waals surface area (Å²) in [6.07, 6.45) is 12.0. The van der Waals surface area contributed by atoms with Crippen molar-refractivity contribution in [3.8, 4) is 0 Å². The van der Waals surface area contributed by atoms with Crippen molar-refractivity contribution >= 4 is 23.4 Å². The number of aromatic nitrogens is 2. The van der Waals surface area contributed by atoms with Gasteiger partial charge in [0.25, 0.3) is 0 Å². The molecule has 0 bridgehead atoms. The van der Waals surface area contributed by atoms with Crippen LogP contribution in [-0.2, 0) is 0 Å². The fourth-order valence-electron chi connectivity index (χ4n) is 2.43. The second-order valence-electron chi connectivity index (χ2n) is 5.07. The molecule has 0 spiro atoms. The van der Waals surface area contributed by atoms with Crippen molar-refractivity contribution in [3.63, 3.8) is 0 Å². The van der Waals surface area contributed by atoms with Gasteiger partial charge in [-0.05, 0) is 38.4 Å². The van der Waals surface area contributed by atoms with Crippen LogP contribution in [0.3, 0.4) is 0 Å². The Morgan fingerprint density at radius 3 is 2.63 bits per heavy atom. The van der Waals surface area contributed by atoms with E-state index in [-0.39, 0.29) is 0 Å². The first-order valence-electron chi connectivity index (χ1n) is 7.17. The molecule has 106 valence electrons. The molecule has 1 saturated carbocycles. The zero-order valence-corrected chi connectivity index (χ0v) is 12.7. The average molecular weight is 280 g/mol. The molecule has 1 aromatic heterocycles. The lowest BCUT2D eigenvalue weighted by Gasteiger charge is -2.28. The van der Waals surface area contributed by atoms with Crippen LogP contribution in [0.25, 0.3) is 0 Å².